The van der Waals surface area contributed by atoms with Crippen LogP contribution in [0.15, 0.2) is 58.4 Å². The van der Waals surface area contributed by atoms with E-state index in [1.165, 1.54) is 47.1 Å². The Balaban J connectivity index is 1.80. The number of aromatic nitrogens is 1. The van der Waals surface area contributed by atoms with Crippen molar-refractivity contribution in [3.8, 4) is 5.75 Å². The van der Waals surface area contributed by atoms with Crippen LogP contribution in [0.2, 0.25) is 0 Å². The monoisotopic (exact) mass is 523 g/mol. The number of hydrogen-bond acceptors (Lipinski definition) is 5. The molecule has 0 unspecified atom stereocenters. The maximum absolute atomic E-state index is 14.5. The molecule has 1 aromatic heterocycles. The van der Waals surface area contributed by atoms with Crippen molar-refractivity contribution >= 4 is 17.7 Å². The van der Waals surface area contributed by atoms with Crippen molar-refractivity contribution in [1.82, 2.24) is 9.58 Å². The van der Waals surface area contributed by atoms with E-state index in [1.54, 1.807) is 6.07 Å². The van der Waals surface area contributed by atoms with Gasteiger partial charge in [-0.3, -0.25) is 19.3 Å². The molecule has 0 spiro atoms. The fourth-order valence-corrected chi connectivity index (χ4v) is 5.57. The first-order valence-electron chi connectivity index (χ1n) is 10.8. The summed E-state index contributed by atoms with van der Waals surface area (Å²) in [4.78, 5) is 26.4. The van der Waals surface area contributed by atoms with Gasteiger partial charge in [-0.25, -0.2) is 8.78 Å². The molecule has 1 N–H and O–H groups in total. The maximum atomic E-state index is 14.5. The third-order valence-electron chi connectivity index (χ3n) is 6.38. The van der Waals surface area contributed by atoms with E-state index in [4.69, 9.17) is 0 Å². The number of nitrogens with zero attached hydrogens (tertiary/aromatic N) is 3. The molecule has 6 nitrogen and oxygen atoms in total. The van der Waals surface area contributed by atoms with Gasteiger partial charge >= 0.3 is 6.18 Å². The molecule has 0 saturated heterocycles. The zero-order valence-electron chi connectivity index (χ0n) is 18.6. The fraction of sp³-hybridized carbons (Fsp3) is 0.250. The molecular formula is C24H18F5N3O3S. The minimum Gasteiger partial charge on any atom is -0.502 e. The standard InChI is InChI=1S/C24H18F5N3O3S/c1-12(24(27,28)29)30-11-32(31-7-6-18(33)22(34)21(31)23(30)35)20-16-8-14(25)3-2-13(16)10-36-19-5-4-15(26)9-17(19)20/h2-9,12,20,34H,10-11H2,1H3/t12-,20+/m1/s1. The van der Waals surface area contributed by atoms with E-state index in [-0.39, 0.29) is 0 Å². The number of pyridine rings is 1. The van der Waals surface area contributed by atoms with Gasteiger partial charge in [-0.05, 0) is 53.9 Å². The Kier molecular flexibility index (Phi) is 5.73. The highest BCUT2D eigenvalue weighted by atomic mass is 32.2. The number of halogens is 5. The van der Waals surface area contributed by atoms with Crippen molar-refractivity contribution in [2.45, 2.75) is 35.8 Å². The summed E-state index contributed by atoms with van der Waals surface area (Å²) in [6.07, 6.45) is -3.66. The average Bonchev–Trinajstić information content (AvgIpc) is 2.96. The van der Waals surface area contributed by atoms with Crippen molar-refractivity contribution in [1.29, 1.82) is 0 Å². The Bertz CT molecular complexity index is 1390. The van der Waals surface area contributed by atoms with Gasteiger partial charge in [0.25, 0.3) is 5.91 Å². The molecule has 12 heteroatoms. The van der Waals surface area contributed by atoms with Gasteiger partial charge in [-0.1, -0.05) is 6.07 Å². The van der Waals surface area contributed by atoms with Crippen LogP contribution in [-0.2, 0) is 5.75 Å². The average molecular weight is 523 g/mol. The molecule has 0 aliphatic carbocycles. The molecule has 0 fully saturated rings. The molecule has 36 heavy (non-hydrogen) atoms. The summed E-state index contributed by atoms with van der Waals surface area (Å²) >= 11 is 1.35. The van der Waals surface area contributed by atoms with E-state index in [0.717, 1.165) is 23.9 Å². The van der Waals surface area contributed by atoms with Gasteiger partial charge in [0.1, 0.15) is 24.3 Å². The summed E-state index contributed by atoms with van der Waals surface area (Å²) in [6.45, 7) is 0.143. The lowest BCUT2D eigenvalue weighted by atomic mass is 9.94. The van der Waals surface area contributed by atoms with Crippen LogP contribution in [-0.4, -0.2) is 39.5 Å². The minimum absolute atomic E-state index is 0.336. The number of amides is 1. The topological polar surface area (TPSA) is 65.8 Å². The summed E-state index contributed by atoms with van der Waals surface area (Å²) in [5.74, 6) is -3.07. The van der Waals surface area contributed by atoms with Crippen LogP contribution < -0.4 is 10.4 Å². The zero-order chi connectivity index (χ0) is 25.9. The lowest BCUT2D eigenvalue weighted by Crippen LogP contribution is -2.60. The SMILES string of the molecule is C[C@@H](N1CN([C@H]2c3cc(F)ccc3CSc3ccc(F)cc32)n2ccc(=O)c(O)c2C1=O)C(F)(F)F. The molecule has 5 rings (SSSR count). The smallest absolute Gasteiger partial charge is 0.408 e. The van der Waals surface area contributed by atoms with Gasteiger partial charge in [-0.2, -0.15) is 13.2 Å². The van der Waals surface area contributed by atoms with Gasteiger partial charge in [0.15, 0.2) is 11.4 Å². The van der Waals surface area contributed by atoms with Crippen LogP contribution in [0.4, 0.5) is 22.0 Å². The molecule has 1 amide bonds. The number of hydrogen-bond donors (Lipinski definition) is 1. The van der Waals surface area contributed by atoms with Crippen molar-refractivity contribution < 1.29 is 31.9 Å². The Morgan fingerprint density at radius 1 is 1.03 bits per heavy atom. The fourth-order valence-electron chi connectivity index (χ4n) is 4.50. The molecular weight excluding hydrogens is 505 g/mol. The lowest BCUT2D eigenvalue weighted by molar-refractivity contribution is -0.173. The minimum atomic E-state index is -4.82. The Hall–Kier alpha value is -3.54. The van der Waals surface area contributed by atoms with Gasteiger partial charge in [0, 0.05) is 22.9 Å². The number of benzene rings is 2. The highest BCUT2D eigenvalue weighted by molar-refractivity contribution is 7.98. The molecule has 2 aliphatic heterocycles. The van der Waals surface area contributed by atoms with Crippen molar-refractivity contribution in [3.05, 3.63) is 92.9 Å². The predicted molar refractivity (Wildman–Crippen MR) is 121 cm³/mol. The molecule has 0 radical (unpaired) electrons. The number of carbonyl (C=O) groups excluding carboxylic acids is 1. The van der Waals surface area contributed by atoms with Crippen molar-refractivity contribution in [3.63, 3.8) is 0 Å². The summed E-state index contributed by atoms with van der Waals surface area (Å²) in [6, 6.07) is 5.62. The summed E-state index contributed by atoms with van der Waals surface area (Å²) in [5, 5.41) is 11.7. The van der Waals surface area contributed by atoms with E-state index >= 15 is 0 Å². The molecule has 2 aromatic carbocycles. The molecule has 0 saturated carbocycles. The van der Waals surface area contributed by atoms with Gasteiger partial charge in [0.2, 0.25) is 5.43 Å². The van der Waals surface area contributed by atoms with Gasteiger partial charge in [-0.15, -0.1) is 11.8 Å². The second-order valence-electron chi connectivity index (χ2n) is 8.51. The van der Waals surface area contributed by atoms with Crippen molar-refractivity contribution in [2.75, 3.05) is 11.7 Å². The molecule has 2 aliphatic rings. The van der Waals surface area contributed by atoms with Crippen LogP contribution in [0, 0.1) is 11.6 Å². The quantitative estimate of drug-likeness (QED) is 0.501. The van der Waals surface area contributed by atoms with E-state index in [1.807, 2.05) is 0 Å². The van der Waals surface area contributed by atoms with Crippen LogP contribution >= 0.6 is 11.8 Å². The molecule has 3 heterocycles. The Labute approximate surface area is 205 Å². The maximum Gasteiger partial charge on any atom is 0.408 e. The summed E-state index contributed by atoms with van der Waals surface area (Å²) in [5.41, 5.74) is -0.280. The lowest BCUT2D eigenvalue weighted by Gasteiger charge is -2.46. The highest BCUT2D eigenvalue weighted by Gasteiger charge is 2.47. The zero-order valence-corrected chi connectivity index (χ0v) is 19.4. The number of fused-ring (bicyclic) bond motifs is 3. The van der Waals surface area contributed by atoms with Crippen LogP contribution in [0.1, 0.15) is 40.1 Å². The second-order valence-corrected chi connectivity index (χ2v) is 9.53. The Morgan fingerprint density at radius 2 is 1.69 bits per heavy atom. The number of aromatic hydroxyl groups is 1. The number of alkyl halides is 3. The van der Waals surface area contributed by atoms with Gasteiger partial charge in [0.05, 0.1) is 6.04 Å². The largest absolute Gasteiger partial charge is 0.502 e. The molecule has 0 bridgehead atoms. The first kappa shape index (κ1) is 24.2. The molecule has 188 valence electrons. The molecule has 2 atom stereocenters. The highest BCUT2D eigenvalue weighted by Crippen LogP contribution is 2.44. The molecule has 3 aromatic rings. The second kappa shape index (κ2) is 8.54. The van der Waals surface area contributed by atoms with E-state index < -0.39 is 59.3 Å². The first-order valence-corrected chi connectivity index (χ1v) is 11.8. The first-order chi connectivity index (χ1) is 17.0. The van der Waals surface area contributed by atoms with Crippen molar-refractivity contribution in [2.24, 2.45) is 0 Å². The number of rotatable bonds is 2. The van der Waals surface area contributed by atoms with Crippen LogP contribution in [0.3, 0.4) is 0 Å². The normalized spacial score (nSPS) is 18.3. The Morgan fingerprint density at radius 3 is 2.39 bits per heavy atom. The van der Waals surface area contributed by atoms with E-state index in [0.29, 0.717) is 32.2 Å². The van der Waals surface area contributed by atoms with E-state index in [9.17, 15) is 36.6 Å². The van der Waals surface area contributed by atoms with Crippen LogP contribution in [0.5, 0.6) is 5.75 Å². The van der Waals surface area contributed by atoms with Gasteiger partial charge < -0.3 is 10.0 Å². The number of carbonyl (C=O) groups is 1. The summed E-state index contributed by atoms with van der Waals surface area (Å²) in [7, 11) is 0. The predicted octanol–water partition coefficient (Wildman–Crippen LogP) is 4.53. The van der Waals surface area contributed by atoms with Crippen LogP contribution in [0.25, 0.3) is 0 Å². The summed E-state index contributed by atoms with van der Waals surface area (Å²) < 4.78 is 71.2. The third kappa shape index (κ3) is 3.89. The number of thioether (sulfide) groups is 1. The third-order valence-corrected chi connectivity index (χ3v) is 7.52. The van der Waals surface area contributed by atoms with E-state index in [2.05, 4.69) is 0 Å².